The Labute approximate surface area is 246 Å². The Morgan fingerprint density at radius 2 is 1.57 bits per heavy atom. The van der Waals surface area contributed by atoms with Gasteiger partial charge in [0.05, 0.1) is 5.69 Å². The number of aromatic nitrogens is 1. The van der Waals surface area contributed by atoms with Crippen LogP contribution in [-0.2, 0) is 11.2 Å². The second kappa shape index (κ2) is 14.6. The second-order valence-corrected chi connectivity index (χ2v) is 10.1. The first-order valence-corrected chi connectivity index (χ1v) is 14.1. The van der Waals surface area contributed by atoms with Crippen LogP contribution in [0.3, 0.4) is 0 Å². The lowest BCUT2D eigenvalue weighted by molar-refractivity contribution is -0.137. The quantitative estimate of drug-likeness (QED) is 0.128. The third-order valence-corrected chi connectivity index (χ3v) is 6.96. The molecule has 8 nitrogen and oxygen atoms in total. The fourth-order valence-corrected chi connectivity index (χ4v) is 4.55. The fraction of sp³-hybridized carbons (Fsp3) is 0.235. The number of anilines is 2. The van der Waals surface area contributed by atoms with Crippen LogP contribution in [0.5, 0.6) is 0 Å². The van der Waals surface area contributed by atoms with Crippen LogP contribution in [0.2, 0.25) is 0 Å². The Kier molecular flexibility index (Phi) is 10.4. The van der Waals surface area contributed by atoms with Crippen molar-refractivity contribution in [2.75, 3.05) is 23.8 Å². The van der Waals surface area contributed by atoms with Crippen LogP contribution < -0.4 is 15.5 Å². The second-order valence-electron chi connectivity index (χ2n) is 10.1. The highest BCUT2D eigenvalue weighted by atomic mass is 16.4. The zero-order chi connectivity index (χ0) is 29.9. The summed E-state index contributed by atoms with van der Waals surface area (Å²) < 4.78 is 0. The molecular weight excluding hydrogens is 528 g/mol. The summed E-state index contributed by atoms with van der Waals surface area (Å²) in [7, 11) is 1.69. The minimum Gasteiger partial charge on any atom is -0.480 e. The number of urea groups is 1. The predicted molar refractivity (Wildman–Crippen MR) is 166 cm³/mol. The van der Waals surface area contributed by atoms with Gasteiger partial charge in [0, 0.05) is 42.4 Å². The number of amides is 2. The number of carbonyl (C=O) groups is 3. The van der Waals surface area contributed by atoms with E-state index in [4.69, 9.17) is 0 Å². The molecule has 2 amide bonds. The Balaban J connectivity index is 1.45. The van der Waals surface area contributed by atoms with Gasteiger partial charge in [0.25, 0.3) is 0 Å². The van der Waals surface area contributed by atoms with Gasteiger partial charge in [0.1, 0.15) is 11.9 Å². The van der Waals surface area contributed by atoms with Crippen molar-refractivity contribution in [2.45, 2.75) is 38.6 Å². The third-order valence-electron chi connectivity index (χ3n) is 6.96. The van der Waals surface area contributed by atoms with Gasteiger partial charge in [-0.05, 0) is 36.2 Å². The summed E-state index contributed by atoms with van der Waals surface area (Å²) in [6.45, 7) is 2.74. The molecule has 0 bridgehead atoms. The third kappa shape index (κ3) is 7.81. The van der Waals surface area contributed by atoms with Crippen LogP contribution in [-0.4, -0.2) is 47.5 Å². The summed E-state index contributed by atoms with van der Waals surface area (Å²) in [4.78, 5) is 44.0. The Morgan fingerprint density at radius 1 is 0.857 bits per heavy atom. The standard InChI is InChI=1S/C34H36N4O4/c1-3-4-10-22-35-34(42)38(2)31-17-11-16-28(37-31)25-20-18-24(19-21-25)23-30(33(40)41)36-29-15-9-8-14-27(29)32(39)26-12-6-5-7-13-26/h5-9,11-21,30,36H,3-4,10,22-23H2,1-2H3,(H,35,42)(H,40,41)/t30-/m0/s1. The highest BCUT2D eigenvalue weighted by Crippen LogP contribution is 2.24. The summed E-state index contributed by atoms with van der Waals surface area (Å²) in [5.74, 6) is -0.670. The summed E-state index contributed by atoms with van der Waals surface area (Å²) >= 11 is 0. The zero-order valence-electron chi connectivity index (χ0n) is 23.9. The Morgan fingerprint density at radius 3 is 2.29 bits per heavy atom. The van der Waals surface area contributed by atoms with Gasteiger partial charge in [-0.15, -0.1) is 0 Å². The number of ketones is 1. The van der Waals surface area contributed by atoms with Crippen molar-refractivity contribution >= 4 is 29.3 Å². The maximum Gasteiger partial charge on any atom is 0.326 e. The SMILES string of the molecule is CCCCCNC(=O)N(C)c1cccc(-c2ccc(C[C@H](Nc3ccccc3C(=O)c3ccccc3)C(=O)O)cc2)n1. The largest absolute Gasteiger partial charge is 0.480 e. The number of para-hydroxylation sites is 1. The number of rotatable bonds is 13. The van der Waals surface area contributed by atoms with Crippen molar-refractivity contribution in [3.05, 3.63) is 114 Å². The van der Waals surface area contributed by atoms with Gasteiger partial charge >= 0.3 is 12.0 Å². The molecule has 0 aliphatic carbocycles. The lowest BCUT2D eigenvalue weighted by Gasteiger charge is -2.19. The first-order chi connectivity index (χ1) is 20.4. The van der Waals surface area contributed by atoms with Crippen LogP contribution in [0, 0.1) is 0 Å². The highest BCUT2D eigenvalue weighted by molar-refractivity contribution is 6.12. The lowest BCUT2D eigenvalue weighted by Crippen LogP contribution is -2.38. The normalized spacial score (nSPS) is 11.4. The average Bonchev–Trinajstić information content (AvgIpc) is 3.03. The number of aliphatic carboxylic acids is 1. The van der Waals surface area contributed by atoms with E-state index in [-0.39, 0.29) is 18.2 Å². The first-order valence-electron chi connectivity index (χ1n) is 14.1. The van der Waals surface area contributed by atoms with E-state index in [9.17, 15) is 19.5 Å². The average molecular weight is 565 g/mol. The molecule has 3 N–H and O–H groups in total. The van der Waals surface area contributed by atoms with Crippen LogP contribution in [0.4, 0.5) is 16.3 Å². The van der Waals surface area contributed by atoms with E-state index in [1.165, 1.54) is 4.90 Å². The molecular formula is C34H36N4O4. The number of carboxylic acids is 1. The number of carbonyl (C=O) groups excluding carboxylic acids is 2. The van der Waals surface area contributed by atoms with Gasteiger partial charge in [-0.25, -0.2) is 14.6 Å². The van der Waals surface area contributed by atoms with E-state index in [2.05, 4.69) is 22.5 Å². The molecule has 0 unspecified atom stereocenters. The molecule has 0 spiro atoms. The molecule has 42 heavy (non-hydrogen) atoms. The molecule has 216 valence electrons. The molecule has 3 aromatic carbocycles. The Bertz CT molecular complexity index is 1510. The van der Waals surface area contributed by atoms with Gasteiger partial charge in [-0.3, -0.25) is 9.69 Å². The maximum absolute atomic E-state index is 13.1. The molecule has 0 aliphatic rings. The molecule has 0 saturated carbocycles. The molecule has 0 aliphatic heterocycles. The number of pyridine rings is 1. The molecule has 1 atom stereocenters. The van der Waals surface area contributed by atoms with Crippen molar-refractivity contribution < 1.29 is 19.5 Å². The summed E-state index contributed by atoms with van der Waals surface area (Å²) in [5, 5.41) is 16.0. The summed E-state index contributed by atoms with van der Waals surface area (Å²) in [6.07, 6.45) is 3.30. The molecule has 4 rings (SSSR count). The number of hydrogen-bond donors (Lipinski definition) is 3. The number of carboxylic acid groups (broad SMARTS) is 1. The van der Waals surface area contributed by atoms with E-state index in [0.29, 0.717) is 34.9 Å². The zero-order valence-corrected chi connectivity index (χ0v) is 23.9. The van der Waals surface area contributed by atoms with Crippen LogP contribution in [0.15, 0.2) is 97.1 Å². The first kappa shape index (κ1) is 30.0. The van der Waals surface area contributed by atoms with Gasteiger partial charge in [-0.2, -0.15) is 0 Å². The molecule has 1 aromatic heterocycles. The minimum absolute atomic E-state index is 0.179. The lowest BCUT2D eigenvalue weighted by atomic mass is 9.99. The Hall–Kier alpha value is -4.98. The van der Waals surface area contributed by atoms with E-state index in [0.717, 1.165) is 30.4 Å². The smallest absolute Gasteiger partial charge is 0.326 e. The van der Waals surface area contributed by atoms with Gasteiger partial charge in [-0.1, -0.05) is 92.6 Å². The van der Waals surface area contributed by atoms with Crippen LogP contribution in [0.1, 0.15) is 47.7 Å². The summed E-state index contributed by atoms with van der Waals surface area (Å²) in [6, 6.07) is 27.7. The predicted octanol–water partition coefficient (Wildman–Crippen LogP) is 6.42. The van der Waals surface area contributed by atoms with Crippen molar-refractivity contribution in [2.24, 2.45) is 0 Å². The van der Waals surface area contributed by atoms with E-state index in [1.807, 2.05) is 42.5 Å². The van der Waals surface area contributed by atoms with E-state index < -0.39 is 12.0 Å². The highest BCUT2D eigenvalue weighted by Gasteiger charge is 2.21. The van der Waals surface area contributed by atoms with Crippen molar-refractivity contribution in [1.29, 1.82) is 0 Å². The fourth-order valence-electron chi connectivity index (χ4n) is 4.55. The van der Waals surface area contributed by atoms with Crippen LogP contribution >= 0.6 is 0 Å². The molecule has 8 heteroatoms. The number of hydrogen-bond acceptors (Lipinski definition) is 5. The van der Waals surface area contributed by atoms with Crippen molar-refractivity contribution in [3.8, 4) is 11.3 Å². The van der Waals surface area contributed by atoms with Crippen LogP contribution in [0.25, 0.3) is 11.3 Å². The molecule has 1 heterocycles. The maximum atomic E-state index is 13.1. The number of benzene rings is 3. The molecule has 0 saturated heterocycles. The van der Waals surface area contributed by atoms with Crippen molar-refractivity contribution in [1.82, 2.24) is 10.3 Å². The van der Waals surface area contributed by atoms with Gasteiger partial charge in [0.15, 0.2) is 5.78 Å². The number of unbranched alkanes of at least 4 members (excludes halogenated alkanes) is 2. The summed E-state index contributed by atoms with van der Waals surface area (Å²) in [5.41, 5.74) is 3.77. The van der Waals surface area contributed by atoms with E-state index in [1.54, 1.807) is 61.6 Å². The van der Waals surface area contributed by atoms with Crippen molar-refractivity contribution in [3.63, 3.8) is 0 Å². The number of nitrogens with one attached hydrogen (secondary N) is 2. The molecule has 4 aromatic rings. The topological polar surface area (TPSA) is 112 Å². The minimum atomic E-state index is -1.02. The van der Waals surface area contributed by atoms with Gasteiger partial charge < -0.3 is 15.7 Å². The molecule has 0 radical (unpaired) electrons. The van der Waals surface area contributed by atoms with E-state index >= 15 is 0 Å². The number of nitrogens with zero attached hydrogens (tertiary/aromatic N) is 2. The monoisotopic (exact) mass is 564 g/mol. The van der Waals surface area contributed by atoms with Gasteiger partial charge in [0.2, 0.25) is 0 Å². The molecule has 0 fully saturated rings.